The second-order valence-corrected chi connectivity index (χ2v) is 8.93. The molecule has 0 aliphatic carbocycles. The number of hydrogen-bond donors (Lipinski definition) is 2. The summed E-state index contributed by atoms with van der Waals surface area (Å²) in [7, 11) is 0. The number of ether oxygens (including phenoxy) is 2. The average molecular weight is 546 g/mol. The summed E-state index contributed by atoms with van der Waals surface area (Å²) >= 11 is 0. The van der Waals surface area contributed by atoms with Crippen molar-refractivity contribution >= 4 is 17.6 Å². The van der Waals surface area contributed by atoms with Crippen molar-refractivity contribution in [2.45, 2.75) is 19.8 Å². The monoisotopic (exact) mass is 545 g/mol. The van der Waals surface area contributed by atoms with E-state index in [1.165, 1.54) is 6.20 Å². The van der Waals surface area contributed by atoms with Crippen LogP contribution < -0.4 is 20.1 Å². The van der Waals surface area contributed by atoms with Gasteiger partial charge in [-0.25, -0.2) is 15.0 Å². The van der Waals surface area contributed by atoms with Gasteiger partial charge in [0.1, 0.15) is 19.0 Å². The van der Waals surface area contributed by atoms with E-state index in [0.29, 0.717) is 30.5 Å². The zero-order chi connectivity index (χ0) is 28.3. The highest BCUT2D eigenvalue weighted by Gasteiger charge is 2.17. The summed E-state index contributed by atoms with van der Waals surface area (Å²) in [5.41, 5.74) is 3.01. The molecule has 0 spiro atoms. The van der Waals surface area contributed by atoms with E-state index in [2.05, 4.69) is 25.6 Å². The molecule has 41 heavy (non-hydrogen) atoms. The summed E-state index contributed by atoms with van der Waals surface area (Å²) < 4.78 is 11.7. The van der Waals surface area contributed by atoms with Crippen LogP contribution in [0.1, 0.15) is 37.7 Å². The van der Waals surface area contributed by atoms with Crippen molar-refractivity contribution in [3.63, 3.8) is 0 Å². The third-order valence-corrected chi connectivity index (χ3v) is 5.96. The molecule has 0 fully saturated rings. The third kappa shape index (κ3) is 7.51. The van der Waals surface area contributed by atoms with Crippen LogP contribution in [0.15, 0.2) is 116 Å². The van der Waals surface area contributed by atoms with Crippen molar-refractivity contribution in [1.82, 2.24) is 20.3 Å². The summed E-state index contributed by atoms with van der Waals surface area (Å²) in [4.78, 5) is 38.6. The Kier molecular flexibility index (Phi) is 8.88. The Balaban J connectivity index is 1.19. The fraction of sp³-hybridized carbons (Fsp3) is 0.0938. The number of carbonyl (C=O) groups excluding carboxylic acids is 2. The van der Waals surface area contributed by atoms with E-state index < -0.39 is 5.91 Å². The zero-order valence-electron chi connectivity index (χ0n) is 22.1. The Morgan fingerprint density at radius 2 is 1.15 bits per heavy atom. The summed E-state index contributed by atoms with van der Waals surface area (Å²) in [5, 5.41) is 5.61. The Hall–Kier alpha value is -5.57. The Morgan fingerprint density at radius 3 is 1.73 bits per heavy atom. The molecule has 5 rings (SSSR count). The second kappa shape index (κ2) is 13.5. The van der Waals surface area contributed by atoms with Crippen molar-refractivity contribution in [2.75, 3.05) is 5.32 Å². The number of anilines is 1. The first-order valence-electron chi connectivity index (χ1n) is 12.9. The zero-order valence-corrected chi connectivity index (χ0v) is 22.1. The van der Waals surface area contributed by atoms with Gasteiger partial charge in [-0.1, -0.05) is 60.7 Å². The lowest BCUT2D eigenvalue weighted by Gasteiger charge is -2.12. The smallest absolute Gasteiger partial charge is 0.279 e. The first-order chi connectivity index (χ1) is 20.2. The normalized spacial score (nSPS) is 10.4. The summed E-state index contributed by atoms with van der Waals surface area (Å²) in [6.45, 7) is 0.805. The van der Waals surface area contributed by atoms with E-state index in [1.807, 2.05) is 60.7 Å². The number of rotatable bonds is 11. The van der Waals surface area contributed by atoms with Crippen LogP contribution in [0.25, 0.3) is 0 Å². The van der Waals surface area contributed by atoms with Gasteiger partial charge in [0, 0.05) is 25.1 Å². The molecule has 0 unspecified atom stereocenters. The molecule has 9 heteroatoms. The Morgan fingerprint density at radius 1 is 0.585 bits per heavy atom. The number of hydrogen-bond acceptors (Lipinski definition) is 7. The maximum atomic E-state index is 13.0. The number of nitrogens with zero attached hydrogens (tertiary/aromatic N) is 3. The summed E-state index contributed by atoms with van der Waals surface area (Å²) in [6, 6.07) is 29.6. The largest absolute Gasteiger partial charge is 0.486 e. The van der Waals surface area contributed by atoms with E-state index in [9.17, 15) is 9.59 Å². The Bertz CT molecular complexity index is 1610. The molecule has 0 saturated heterocycles. The third-order valence-electron chi connectivity index (χ3n) is 5.96. The van der Waals surface area contributed by atoms with Gasteiger partial charge in [0.05, 0.1) is 0 Å². The van der Waals surface area contributed by atoms with Crippen molar-refractivity contribution < 1.29 is 19.1 Å². The van der Waals surface area contributed by atoms with Crippen LogP contribution in [0, 0.1) is 0 Å². The van der Waals surface area contributed by atoms with Crippen LogP contribution >= 0.6 is 0 Å². The number of amides is 2. The van der Waals surface area contributed by atoms with Crippen molar-refractivity contribution in [3.8, 4) is 11.5 Å². The Labute approximate surface area is 237 Å². The van der Waals surface area contributed by atoms with Crippen LogP contribution in [0.5, 0.6) is 11.5 Å². The van der Waals surface area contributed by atoms with Gasteiger partial charge in [0.25, 0.3) is 11.8 Å². The first kappa shape index (κ1) is 27.0. The minimum Gasteiger partial charge on any atom is -0.486 e. The number of benzene rings is 2. The lowest BCUT2D eigenvalue weighted by molar-refractivity contribution is 0.0939. The van der Waals surface area contributed by atoms with Crippen LogP contribution in [-0.2, 0) is 19.8 Å². The van der Waals surface area contributed by atoms with Gasteiger partial charge >= 0.3 is 0 Å². The quantitative estimate of drug-likeness (QED) is 0.234. The molecule has 0 aliphatic rings. The van der Waals surface area contributed by atoms with E-state index in [-0.39, 0.29) is 23.8 Å². The molecular formula is C32H27N5O4. The van der Waals surface area contributed by atoms with Crippen molar-refractivity contribution in [2.24, 2.45) is 0 Å². The van der Waals surface area contributed by atoms with E-state index >= 15 is 0 Å². The lowest BCUT2D eigenvalue weighted by atomic mass is 10.2. The lowest BCUT2D eigenvalue weighted by Crippen LogP contribution is -2.24. The molecule has 0 bridgehead atoms. The summed E-state index contributed by atoms with van der Waals surface area (Å²) in [6.07, 6.45) is 4.62. The maximum absolute atomic E-state index is 13.0. The highest BCUT2D eigenvalue weighted by atomic mass is 16.5. The van der Waals surface area contributed by atoms with Gasteiger partial charge in [0.2, 0.25) is 0 Å². The molecule has 0 saturated carbocycles. The molecule has 0 radical (unpaired) electrons. The van der Waals surface area contributed by atoms with Gasteiger partial charge in [0.15, 0.2) is 22.9 Å². The topological polar surface area (TPSA) is 115 Å². The number of aromatic nitrogens is 3. The average Bonchev–Trinajstić information content (AvgIpc) is 3.03. The van der Waals surface area contributed by atoms with Gasteiger partial charge in [-0.15, -0.1) is 0 Å². The van der Waals surface area contributed by atoms with E-state index in [4.69, 9.17) is 9.47 Å². The highest BCUT2D eigenvalue weighted by Crippen LogP contribution is 2.20. The van der Waals surface area contributed by atoms with E-state index in [1.54, 1.807) is 48.8 Å². The van der Waals surface area contributed by atoms with E-state index in [0.717, 1.165) is 16.7 Å². The highest BCUT2D eigenvalue weighted by molar-refractivity contribution is 6.04. The van der Waals surface area contributed by atoms with Gasteiger partial charge in [-0.3, -0.25) is 9.59 Å². The molecule has 2 N–H and O–H groups in total. The minimum atomic E-state index is -0.462. The van der Waals surface area contributed by atoms with Crippen LogP contribution in [0.3, 0.4) is 0 Å². The van der Waals surface area contributed by atoms with Crippen LogP contribution in [0.4, 0.5) is 5.82 Å². The number of carbonyl (C=O) groups is 2. The number of pyridine rings is 3. The molecule has 3 heterocycles. The first-order valence-corrected chi connectivity index (χ1v) is 12.9. The SMILES string of the molecule is O=C(NCc1ccnc(NC(=O)c2ncccc2OCc2ccccc2)c1)c1ncccc1OCc1ccccc1. The molecule has 2 aromatic carbocycles. The fourth-order valence-electron chi connectivity index (χ4n) is 3.92. The predicted octanol–water partition coefficient (Wildman–Crippen LogP) is 5.21. The molecule has 9 nitrogen and oxygen atoms in total. The van der Waals surface area contributed by atoms with Gasteiger partial charge in [-0.2, -0.15) is 0 Å². The number of nitrogens with one attached hydrogen (secondary N) is 2. The molecule has 0 atom stereocenters. The summed E-state index contributed by atoms with van der Waals surface area (Å²) in [5.74, 6) is 0.210. The second-order valence-electron chi connectivity index (χ2n) is 8.93. The molecule has 5 aromatic rings. The van der Waals surface area contributed by atoms with Crippen molar-refractivity contribution in [3.05, 3.63) is 144 Å². The van der Waals surface area contributed by atoms with Gasteiger partial charge < -0.3 is 20.1 Å². The molecule has 204 valence electrons. The standard InChI is InChI=1S/C32H27N5O4/c38-31(29-26(13-7-16-34-29)40-21-23-9-3-1-4-10-23)36-20-25-15-18-33-28(19-25)37-32(39)30-27(14-8-17-35-30)41-22-24-11-5-2-6-12-24/h1-19H,20-22H2,(H,36,38)(H,33,37,39). The van der Waals surface area contributed by atoms with Crippen LogP contribution in [0.2, 0.25) is 0 Å². The molecule has 3 aromatic heterocycles. The molecule has 2 amide bonds. The van der Waals surface area contributed by atoms with Gasteiger partial charge in [-0.05, 0) is 53.1 Å². The predicted molar refractivity (Wildman–Crippen MR) is 153 cm³/mol. The maximum Gasteiger partial charge on any atom is 0.279 e. The molecular weight excluding hydrogens is 518 g/mol. The minimum absolute atomic E-state index is 0.141. The fourth-order valence-corrected chi connectivity index (χ4v) is 3.92. The molecule has 0 aliphatic heterocycles. The van der Waals surface area contributed by atoms with Crippen LogP contribution in [-0.4, -0.2) is 26.8 Å². The van der Waals surface area contributed by atoms with Crippen molar-refractivity contribution in [1.29, 1.82) is 0 Å².